The molecule has 0 saturated carbocycles. The topological polar surface area (TPSA) is 76.4 Å². The van der Waals surface area contributed by atoms with Gasteiger partial charge in [0.25, 0.3) is 0 Å². The van der Waals surface area contributed by atoms with Crippen LogP contribution in [0.1, 0.15) is 38.6 Å². The second kappa shape index (κ2) is 4.88. The highest BCUT2D eigenvalue weighted by Gasteiger charge is 2.20. The molecule has 2 heterocycles. The Morgan fingerprint density at radius 2 is 2.33 bits per heavy atom. The van der Waals surface area contributed by atoms with Gasteiger partial charge < -0.3 is 19.9 Å². The second-order valence-electron chi connectivity index (χ2n) is 5.31. The molecule has 0 atom stereocenters. The van der Waals surface area contributed by atoms with Crippen molar-refractivity contribution in [3.8, 4) is 0 Å². The number of hydrogen-bond donors (Lipinski definition) is 2. The fourth-order valence-electron chi connectivity index (χ4n) is 1.79. The quantitative estimate of drug-likeness (QED) is 0.843. The van der Waals surface area contributed by atoms with E-state index in [2.05, 4.69) is 15.8 Å². The Kier molecular flexibility index (Phi) is 3.45. The van der Waals surface area contributed by atoms with Crippen LogP contribution in [0.2, 0.25) is 0 Å². The SMILES string of the molecule is CC(C)(C)OC(=O)NCc1noc2c1NCCC2. The number of alkyl carbamates (subject to hydrolysis) is 1. The monoisotopic (exact) mass is 253 g/mol. The Morgan fingerprint density at radius 3 is 3.06 bits per heavy atom. The van der Waals surface area contributed by atoms with Crippen molar-refractivity contribution in [3.63, 3.8) is 0 Å². The number of anilines is 1. The van der Waals surface area contributed by atoms with Gasteiger partial charge in [-0.1, -0.05) is 5.16 Å². The molecule has 6 heteroatoms. The van der Waals surface area contributed by atoms with E-state index in [1.807, 2.05) is 20.8 Å². The Balaban J connectivity index is 1.91. The predicted molar refractivity (Wildman–Crippen MR) is 66.4 cm³/mol. The van der Waals surface area contributed by atoms with Gasteiger partial charge in [0.2, 0.25) is 0 Å². The van der Waals surface area contributed by atoms with E-state index < -0.39 is 11.7 Å². The van der Waals surface area contributed by atoms with Crippen molar-refractivity contribution in [1.82, 2.24) is 10.5 Å². The van der Waals surface area contributed by atoms with Crippen molar-refractivity contribution in [1.29, 1.82) is 0 Å². The number of aromatic nitrogens is 1. The second-order valence-corrected chi connectivity index (χ2v) is 5.31. The molecule has 0 aliphatic carbocycles. The number of hydrogen-bond acceptors (Lipinski definition) is 5. The summed E-state index contributed by atoms with van der Waals surface area (Å²) in [4.78, 5) is 11.5. The molecule has 0 bridgehead atoms. The molecule has 1 aliphatic rings. The van der Waals surface area contributed by atoms with Crippen molar-refractivity contribution >= 4 is 11.8 Å². The number of rotatable bonds is 2. The molecule has 0 spiro atoms. The highest BCUT2D eigenvalue weighted by atomic mass is 16.6. The van der Waals surface area contributed by atoms with E-state index in [0.717, 1.165) is 36.5 Å². The van der Waals surface area contributed by atoms with Crippen molar-refractivity contribution in [3.05, 3.63) is 11.5 Å². The predicted octanol–water partition coefficient (Wildman–Crippen LogP) is 2.06. The molecule has 1 amide bonds. The minimum Gasteiger partial charge on any atom is -0.444 e. The summed E-state index contributed by atoms with van der Waals surface area (Å²) in [6.07, 6.45) is 1.48. The fraction of sp³-hybridized carbons (Fsp3) is 0.667. The first-order chi connectivity index (χ1) is 8.46. The van der Waals surface area contributed by atoms with E-state index in [-0.39, 0.29) is 0 Å². The molecular weight excluding hydrogens is 234 g/mol. The lowest BCUT2D eigenvalue weighted by atomic mass is 10.1. The molecule has 0 aromatic carbocycles. The summed E-state index contributed by atoms with van der Waals surface area (Å²) in [6.45, 7) is 6.69. The van der Waals surface area contributed by atoms with Crippen LogP contribution in [-0.2, 0) is 17.7 Å². The van der Waals surface area contributed by atoms with E-state index in [1.54, 1.807) is 0 Å². The number of fused-ring (bicyclic) bond motifs is 1. The van der Waals surface area contributed by atoms with Gasteiger partial charge in [0.15, 0.2) is 5.76 Å². The molecule has 2 N–H and O–H groups in total. The first kappa shape index (κ1) is 12.7. The van der Waals surface area contributed by atoms with Crippen LogP contribution >= 0.6 is 0 Å². The van der Waals surface area contributed by atoms with Gasteiger partial charge in [-0.2, -0.15) is 0 Å². The molecule has 0 unspecified atom stereocenters. The van der Waals surface area contributed by atoms with E-state index in [9.17, 15) is 4.79 Å². The molecule has 100 valence electrons. The van der Waals surface area contributed by atoms with E-state index in [4.69, 9.17) is 9.26 Å². The number of nitrogens with zero attached hydrogens (tertiary/aromatic N) is 1. The average molecular weight is 253 g/mol. The Morgan fingerprint density at radius 1 is 1.56 bits per heavy atom. The van der Waals surface area contributed by atoms with Crippen LogP contribution in [0.3, 0.4) is 0 Å². The van der Waals surface area contributed by atoms with Crippen LogP contribution in [0.5, 0.6) is 0 Å². The number of nitrogens with one attached hydrogen (secondary N) is 2. The molecule has 18 heavy (non-hydrogen) atoms. The highest BCUT2D eigenvalue weighted by molar-refractivity contribution is 5.68. The molecule has 2 rings (SSSR count). The lowest BCUT2D eigenvalue weighted by Gasteiger charge is -2.19. The van der Waals surface area contributed by atoms with Crippen LogP contribution < -0.4 is 10.6 Å². The zero-order valence-corrected chi connectivity index (χ0v) is 11.0. The molecule has 1 aromatic heterocycles. The maximum atomic E-state index is 11.5. The summed E-state index contributed by atoms with van der Waals surface area (Å²) in [5, 5.41) is 9.86. The Labute approximate surface area is 106 Å². The lowest BCUT2D eigenvalue weighted by Crippen LogP contribution is -2.32. The zero-order chi connectivity index (χ0) is 13.2. The Bertz CT molecular complexity index is 434. The third-order valence-corrected chi connectivity index (χ3v) is 2.51. The van der Waals surface area contributed by atoms with Crippen LogP contribution in [0.4, 0.5) is 10.5 Å². The first-order valence-electron chi connectivity index (χ1n) is 6.14. The van der Waals surface area contributed by atoms with Gasteiger partial charge in [-0.05, 0) is 27.2 Å². The number of carbonyl (C=O) groups excluding carboxylic acids is 1. The smallest absolute Gasteiger partial charge is 0.407 e. The molecule has 0 fully saturated rings. The third kappa shape index (κ3) is 3.15. The van der Waals surface area contributed by atoms with E-state index in [0.29, 0.717) is 6.54 Å². The molecule has 0 saturated heterocycles. The van der Waals surface area contributed by atoms with Crippen LogP contribution in [-0.4, -0.2) is 23.4 Å². The molecule has 6 nitrogen and oxygen atoms in total. The van der Waals surface area contributed by atoms with Gasteiger partial charge in [-0.25, -0.2) is 4.79 Å². The van der Waals surface area contributed by atoms with Crippen LogP contribution in [0.15, 0.2) is 4.52 Å². The van der Waals surface area contributed by atoms with Crippen molar-refractivity contribution in [2.75, 3.05) is 11.9 Å². The lowest BCUT2D eigenvalue weighted by molar-refractivity contribution is 0.0522. The van der Waals surface area contributed by atoms with Crippen molar-refractivity contribution in [2.45, 2.75) is 45.8 Å². The van der Waals surface area contributed by atoms with Gasteiger partial charge in [0.1, 0.15) is 17.0 Å². The number of carbonyl (C=O) groups is 1. The molecule has 1 aromatic rings. The number of aryl methyl sites for hydroxylation is 1. The van der Waals surface area contributed by atoms with E-state index in [1.165, 1.54) is 0 Å². The average Bonchev–Trinajstić information content (AvgIpc) is 2.67. The summed E-state index contributed by atoms with van der Waals surface area (Å²) < 4.78 is 10.4. The first-order valence-corrected chi connectivity index (χ1v) is 6.14. The molecular formula is C12H19N3O3. The number of amides is 1. The maximum Gasteiger partial charge on any atom is 0.407 e. The summed E-state index contributed by atoms with van der Waals surface area (Å²) in [5.74, 6) is 0.863. The molecule has 0 radical (unpaired) electrons. The van der Waals surface area contributed by atoms with Gasteiger partial charge in [-0.3, -0.25) is 0 Å². The summed E-state index contributed by atoms with van der Waals surface area (Å²) in [5.41, 5.74) is 1.14. The molecule has 1 aliphatic heterocycles. The summed E-state index contributed by atoms with van der Waals surface area (Å²) in [7, 11) is 0. The minimum absolute atomic E-state index is 0.306. The van der Waals surface area contributed by atoms with Crippen LogP contribution in [0, 0.1) is 0 Å². The summed E-state index contributed by atoms with van der Waals surface area (Å²) >= 11 is 0. The minimum atomic E-state index is -0.494. The largest absolute Gasteiger partial charge is 0.444 e. The normalized spacial score (nSPS) is 14.6. The number of ether oxygens (including phenoxy) is 1. The highest BCUT2D eigenvalue weighted by Crippen LogP contribution is 2.25. The summed E-state index contributed by atoms with van der Waals surface area (Å²) in [6, 6.07) is 0. The maximum absolute atomic E-state index is 11.5. The van der Waals surface area contributed by atoms with Gasteiger partial charge >= 0.3 is 6.09 Å². The third-order valence-electron chi connectivity index (χ3n) is 2.51. The standard InChI is InChI=1S/C12H19N3O3/c1-12(2,3)17-11(16)14-7-8-10-9(18-15-8)5-4-6-13-10/h13H,4-7H2,1-3H3,(H,14,16). The van der Waals surface area contributed by atoms with Crippen LogP contribution in [0.25, 0.3) is 0 Å². The zero-order valence-electron chi connectivity index (χ0n) is 11.0. The van der Waals surface area contributed by atoms with E-state index >= 15 is 0 Å². The van der Waals surface area contributed by atoms with Gasteiger partial charge in [0.05, 0.1) is 6.54 Å². The van der Waals surface area contributed by atoms with Crippen molar-refractivity contribution in [2.24, 2.45) is 0 Å². The Hall–Kier alpha value is -1.72. The van der Waals surface area contributed by atoms with Crippen molar-refractivity contribution < 1.29 is 14.1 Å². The van der Waals surface area contributed by atoms with Gasteiger partial charge in [-0.15, -0.1) is 0 Å². The fourth-order valence-corrected chi connectivity index (χ4v) is 1.79. The van der Waals surface area contributed by atoms with Gasteiger partial charge in [0, 0.05) is 13.0 Å².